The number of rotatable bonds is 8. The van der Waals surface area contributed by atoms with Crippen molar-refractivity contribution in [3.8, 4) is 68.3 Å². The van der Waals surface area contributed by atoms with E-state index < -0.39 is 0 Å². The minimum Gasteiger partial charge on any atom is -0.509 e. The molecule has 0 saturated heterocycles. The summed E-state index contributed by atoms with van der Waals surface area (Å²) >= 11 is 0. The molecular weight excluding hydrogens is 1390 g/mol. The summed E-state index contributed by atoms with van der Waals surface area (Å²) in [4.78, 5) is 18.2. The summed E-state index contributed by atoms with van der Waals surface area (Å²) in [6.07, 6.45) is 18.5. The first-order valence-electron chi connectivity index (χ1n) is 29.7. The molecule has 0 unspecified atom stereocenters. The van der Waals surface area contributed by atoms with Gasteiger partial charge in [0.15, 0.2) is 0 Å². The van der Waals surface area contributed by atoms with E-state index in [1.807, 2.05) is 135 Å². The number of ether oxygens (including phenoxy) is 2. The van der Waals surface area contributed by atoms with Crippen molar-refractivity contribution in [2.75, 3.05) is 0 Å². The molecule has 0 spiro atoms. The molecule has 12 nitrogen and oxygen atoms in total. The van der Waals surface area contributed by atoms with Crippen molar-refractivity contribution in [1.82, 2.24) is 48.6 Å². The van der Waals surface area contributed by atoms with Gasteiger partial charge in [0.2, 0.25) is 0 Å². The van der Waals surface area contributed by atoms with Gasteiger partial charge in [-0.15, -0.1) is 71.4 Å². The smallest absolute Gasteiger partial charge is 0.509 e. The summed E-state index contributed by atoms with van der Waals surface area (Å²) in [7, 11) is 0. The Morgan fingerprint density at radius 1 is 0.411 bits per heavy atom. The molecule has 0 atom stereocenters. The van der Waals surface area contributed by atoms with Crippen molar-refractivity contribution in [3.63, 3.8) is 0 Å². The van der Waals surface area contributed by atoms with Gasteiger partial charge in [-0.25, -0.2) is 9.97 Å². The number of aromatic nitrogens is 10. The van der Waals surface area contributed by atoms with E-state index in [1.165, 1.54) is 55.2 Å². The van der Waals surface area contributed by atoms with Crippen LogP contribution >= 0.6 is 0 Å². The molecule has 14 heteroatoms. The maximum Gasteiger partial charge on any atom is 2.00 e. The molecule has 0 radical (unpaired) electrons. The Labute approximate surface area is 551 Å². The molecule has 0 saturated carbocycles. The number of pyridine rings is 4. The number of hydrogen-bond donors (Lipinski definition) is 0. The predicted molar refractivity (Wildman–Crippen MR) is 348 cm³/mol. The summed E-state index contributed by atoms with van der Waals surface area (Å²) < 4.78 is 20.9. The van der Waals surface area contributed by atoms with E-state index in [1.54, 1.807) is 21.8 Å². The van der Waals surface area contributed by atoms with Gasteiger partial charge in [-0.1, -0.05) is 129 Å². The van der Waals surface area contributed by atoms with Crippen molar-refractivity contribution in [2.24, 2.45) is 0 Å². The van der Waals surface area contributed by atoms with Crippen LogP contribution in [0.3, 0.4) is 0 Å². The van der Waals surface area contributed by atoms with Crippen LogP contribution in [0, 0.1) is 24.3 Å². The third-order valence-electron chi connectivity index (χ3n) is 17.5. The summed E-state index contributed by atoms with van der Waals surface area (Å²) in [5, 5.41) is 13.8. The van der Waals surface area contributed by atoms with Gasteiger partial charge in [0.1, 0.15) is 11.6 Å². The van der Waals surface area contributed by atoms with Gasteiger partial charge in [-0.2, -0.15) is 34.5 Å². The Morgan fingerprint density at radius 3 is 1.22 bits per heavy atom. The largest absolute Gasteiger partial charge is 2.00 e. The third kappa shape index (κ3) is 10.2. The van der Waals surface area contributed by atoms with Crippen LogP contribution in [0.5, 0.6) is 23.0 Å². The number of benzene rings is 6. The molecule has 14 aromatic rings. The van der Waals surface area contributed by atoms with Gasteiger partial charge < -0.3 is 18.6 Å². The Morgan fingerprint density at radius 2 is 0.822 bits per heavy atom. The number of fused-ring (bicyclic) bond motifs is 10. The van der Waals surface area contributed by atoms with Crippen LogP contribution < -0.4 is 9.47 Å². The maximum atomic E-state index is 6.39. The molecule has 16 rings (SSSR count). The number of hydrogen-bond acceptors (Lipinski definition) is 8. The van der Waals surface area contributed by atoms with Crippen molar-refractivity contribution < 1.29 is 51.0 Å². The molecule has 2 aliphatic rings. The van der Waals surface area contributed by atoms with Gasteiger partial charge in [-0.3, -0.25) is 19.3 Å². The first kappa shape index (κ1) is 59.8. The van der Waals surface area contributed by atoms with Gasteiger partial charge in [0.05, 0.1) is 12.4 Å². The van der Waals surface area contributed by atoms with E-state index in [0.29, 0.717) is 23.0 Å². The van der Waals surface area contributed by atoms with Gasteiger partial charge in [-0.05, 0) is 79.5 Å². The zero-order valence-electron chi connectivity index (χ0n) is 51.4. The molecule has 0 N–H and O–H groups in total. The Hall–Kier alpha value is -9.11. The summed E-state index contributed by atoms with van der Waals surface area (Å²) in [5.74, 6) is 4.28. The summed E-state index contributed by atoms with van der Waals surface area (Å²) in [5.41, 5.74) is 17.1. The second-order valence-corrected chi connectivity index (χ2v) is 26.0. The van der Waals surface area contributed by atoms with Crippen molar-refractivity contribution in [2.45, 2.75) is 90.9 Å². The normalized spacial score (nSPS) is 13.4. The van der Waals surface area contributed by atoms with Crippen LogP contribution in [0.4, 0.5) is 0 Å². The standard InChI is InChI=1S/2C38H31N5O.Pd.Pt/c2*1-37(2,3)26-17-31-30-14-13-29(20-34(30)43-35(31)33(18-26)38(4,5)32-12-8-16-40-36(32)43)44-28-11-6-10-27(19-28)42-23-25(22-41-42)24-9-7-15-39-21-24;;/h2*6-18,21-23H,1-5H3;;/q2*-2;2*+2. The van der Waals surface area contributed by atoms with E-state index in [0.717, 1.165) is 67.1 Å². The Bertz CT molecular complexity index is 4770. The van der Waals surface area contributed by atoms with E-state index >= 15 is 0 Å². The van der Waals surface area contributed by atoms with E-state index in [2.05, 4.69) is 171 Å². The SMILES string of the molecule is CC(C)(C)c1cc2c3c(c1)c1ccc(Oc4[c-]c(-n5cc(-c6cccnc6)cn5)ccc4)[c-]c1n3-c1ncccc1C2(C)C.CC(C)(C)c1cc2c3c(c1)c1ccc(Oc4[c-]c(-n5cc(-c6cccnc6)cn5)ccc4)[c-]c1n3-c1ncccc1C2(C)C.[Pd+2].[Pt+2]. The van der Waals surface area contributed by atoms with Crippen LogP contribution in [0.15, 0.2) is 195 Å². The predicted octanol–water partition coefficient (Wildman–Crippen LogP) is 17.5. The number of nitrogens with zero attached hydrogens (tertiary/aromatic N) is 10. The first-order valence-corrected chi connectivity index (χ1v) is 29.7. The fraction of sp³-hybridized carbons (Fsp3) is 0.184. The molecule has 90 heavy (non-hydrogen) atoms. The molecule has 2 aliphatic heterocycles. The van der Waals surface area contributed by atoms with Gasteiger partial charge in [0.25, 0.3) is 0 Å². The third-order valence-corrected chi connectivity index (χ3v) is 17.5. The van der Waals surface area contributed by atoms with Crippen LogP contribution in [-0.4, -0.2) is 48.6 Å². The average molecular weight is 1450 g/mol. The van der Waals surface area contributed by atoms with Crippen LogP contribution in [0.25, 0.3) is 88.9 Å². The first-order chi connectivity index (χ1) is 42.4. The summed E-state index contributed by atoms with van der Waals surface area (Å²) in [6, 6.07) is 59.7. The average Bonchev–Trinajstić information content (AvgIpc) is 1.47. The molecule has 0 aliphatic carbocycles. The molecule has 6 aromatic carbocycles. The minimum atomic E-state index is -0.203. The molecule has 8 aromatic heterocycles. The molecule has 0 amide bonds. The topological polar surface area (TPSA) is 116 Å². The van der Waals surface area contributed by atoms with E-state index in [4.69, 9.17) is 19.4 Å². The van der Waals surface area contributed by atoms with Crippen molar-refractivity contribution in [1.29, 1.82) is 0 Å². The minimum absolute atomic E-state index is 0. The maximum absolute atomic E-state index is 6.39. The van der Waals surface area contributed by atoms with E-state index in [9.17, 15) is 0 Å². The Kier molecular flexibility index (Phi) is 14.9. The zero-order valence-corrected chi connectivity index (χ0v) is 55.2. The quantitative estimate of drug-likeness (QED) is 0.109. The Balaban J connectivity index is 0.000000162. The van der Waals surface area contributed by atoms with Crippen LogP contribution in [-0.2, 0) is 63.1 Å². The van der Waals surface area contributed by atoms with Crippen LogP contribution in [0.2, 0.25) is 0 Å². The van der Waals surface area contributed by atoms with Crippen molar-refractivity contribution >= 4 is 43.6 Å². The molecule has 0 bridgehead atoms. The molecular formula is C76H62N10O2PdPt. The van der Waals surface area contributed by atoms with Gasteiger partial charge >= 0.3 is 41.5 Å². The second-order valence-electron chi connectivity index (χ2n) is 26.0. The van der Waals surface area contributed by atoms with E-state index in [-0.39, 0.29) is 63.1 Å². The molecule has 0 fully saturated rings. The van der Waals surface area contributed by atoms with Crippen LogP contribution in [0.1, 0.15) is 103 Å². The summed E-state index contributed by atoms with van der Waals surface area (Å²) in [6.45, 7) is 22.9. The zero-order chi connectivity index (χ0) is 60.4. The monoisotopic (exact) mass is 1450 g/mol. The van der Waals surface area contributed by atoms with Gasteiger partial charge in [0, 0.05) is 128 Å². The van der Waals surface area contributed by atoms with Crippen molar-refractivity contribution in [3.05, 3.63) is 253 Å². The fourth-order valence-corrected chi connectivity index (χ4v) is 12.6. The fourth-order valence-electron chi connectivity index (χ4n) is 12.6. The molecule has 10 heterocycles. The molecule has 448 valence electrons. The second kappa shape index (κ2) is 22.4.